The molecule has 0 radical (unpaired) electrons. The molecule has 0 bridgehead atoms. The molecule has 5 heteroatoms. The molecule has 4 rings (SSSR count). The van der Waals surface area contributed by atoms with Gasteiger partial charge in [0.05, 0.1) is 23.1 Å². The van der Waals surface area contributed by atoms with Crippen molar-refractivity contribution < 1.29 is 9.90 Å². The molecule has 0 unspecified atom stereocenters. The molecule has 2 heterocycles. The molecular formula is C19H19N3O2. The monoisotopic (exact) mass is 321 g/mol. The summed E-state index contributed by atoms with van der Waals surface area (Å²) in [5, 5.41) is 9.38. The highest BCUT2D eigenvalue weighted by Gasteiger charge is 2.27. The molecule has 1 atom stereocenters. The quantitative estimate of drug-likeness (QED) is 0.774. The smallest absolute Gasteiger partial charge is 0.335 e. The van der Waals surface area contributed by atoms with E-state index in [1.807, 2.05) is 36.4 Å². The zero-order chi connectivity index (χ0) is 16.5. The molecule has 0 spiro atoms. The van der Waals surface area contributed by atoms with Crippen molar-refractivity contribution in [2.24, 2.45) is 0 Å². The lowest BCUT2D eigenvalue weighted by Crippen LogP contribution is -2.21. The number of benzene rings is 2. The molecule has 24 heavy (non-hydrogen) atoms. The zero-order valence-electron chi connectivity index (χ0n) is 13.3. The maximum Gasteiger partial charge on any atom is 0.335 e. The van der Waals surface area contributed by atoms with Gasteiger partial charge in [0.2, 0.25) is 0 Å². The van der Waals surface area contributed by atoms with Gasteiger partial charge in [0.1, 0.15) is 5.82 Å². The van der Waals surface area contributed by atoms with Gasteiger partial charge in [0.15, 0.2) is 0 Å². The van der Waals surface area contributed by atoms with E-state index in [9.17, 15) is 9.90 Å². The number of aromatic nitrogens is 2. The Morgan fingerprint density at radius 3 is 2.83 bits per heavy atom. The average molecular weight is 321 g/mol. The zero-order valence-corrected chi connectivity index (χ0v) is 13.3. The lowest BCUT2D eigenvalue weighted by molar-refractivity contribution is 0.0695. The van der Waals surface area contributed by atoms with E-state index in [0.29, 0.717) is 5.56 Å². The number of imidazole rings is 1. The van der Waals surface area contributed by atoms with Crippen molar-refractivity contribution >= 4 is 17.0 Å². The fourth-order valence-electron chi connectivity index (χ4n) is 3.57. The van der Waals surface area contributed by atoms with Crippen LogP contribution >= 0.6 is 0 Å². The van der Waals surface area contributed by atoms with Crippen LogP contribution < -0.4 is 0 Å². The molecule has 5 nitrogen and oxygen atoms in total. The summed E-state index contributed by atoms with van der Waals surface area (Å²) >= 11 is 0. The highest BCUT2D eigenvalue weighted by Crippen LogP contribution is 2.30. The summed E-state index contributed by atoms with van der Waals surface area (Å²) in [5.74, 6) is 0.381. The summed E-state index contributed by atoms with van der Waals surface area (Å²) < 4.78 is 0. The summed E-state index contributed by atoms with van der Waals surface area (Å²) in [6, 6.07) is 15.4. The largest absolute Gasteiger partial charge is 0.478 e. The predicted octanol–water partition coefficient (Wildman–Crippen LogP) is 3.25. The molecule has 0 amide bonds. The minimum absolute atomic E-state index is 0.265. The minimum Gasteiger partial charge on any atom is -0.478 e. The number of nitrogens with one attached hydrogen (secondary N) is 1. The molecule has 1 fully saturated rings. The van der Waals surface area contributed by atoms with Crippen LogP contribution in [0.2, 0.25) is 0 Å². The Kier molecular flexibility index (Phi) is 3.78. The number of H-pyrrole nitrogens is 1. The highest BCUT2D eigenvalue weighted by atomic mass is 16.4. The van der Waals surface area contributed by atoms with Crippen LogP contribution in [0.1, 0.15) is 34.1 Å². The van der Waals surface area contributed by atoms with Crippen molar-refractivity contribution in [1.29, 1.82) is 0 Å². The number of para-hydroxylation sites is 2. The molecular weight excluding hydrogens is 302 g/mol. The van der Waals surface area contributed by atoms with Crippen LogP contribution in [-0.4, -0.2) is 39.0 Å². The standard InChI is InChI=1S/C19H19N3O2/c23-19(24)15-6-2-1-5-14(15)13-9-10-22(11-13)12-18-20-16-7-3-4-8-17(16)21-18/h1-8,13H,9-12H2,(H,20,21)(H,23,24)/t13-/m1/s1. The number of carboxylic acid groups (broad SMARTS) is 1. The predicted molar refractivity (Wildman–Crippen MR) is 92.1 cm³/mol. The molecule has 1 saturated heterocycles. The Labute approximate surface area is 139 Å². The van der Waals surface area contributed by atoms with Crippen molar-refractivity contribution in [3.8, 4) is 0 Å². The highest BCUT2D eigenvalue weighted by molar-refractivity contribution is 5.89. The first kappa shape index (κ1) is 14.9. The van der Waals surface area contributed by atoms with Crippen LogP contribution in [0.25, 0.3) is 11.0 Å². The van der Waals surface area contributed by atoms with Crippen molar-refractivity contribution in [3.63, 3.8) is 0 Å². The van der Waals surface area contributed by atoms with Gasteiger partial charge in [0.25, 0.3) is 0 Å². The van der Waals surface area contributed by atoms with Gasteiger partial charge < -0.3 is 10.1 Å². The van der Waals surface area contributed by atoms with E-state index in [2.05, 4.69) is 14.9 Å². The summed E-state index contributed by atoms with van der Waals surface area (Å²) in [5.41, 5.74) is 3.41. The van der Waals surface area contributed by atoms with E-state index in [0.717, 1.165) is 48.5 Å². The van der Waals surface area contributed by atoms with Gasteiger partial charge in [-0.1, -0.05) is 30.3 Å². The van der Waals surface area contributed by atoms with Gasteiger partial charge in [-0.15, -0.1) is 0 Å². The number of aromatic amines is 1. The van der Waals surface area contributed by atoms with Crippen LogP contribution in [0.15, 0.2) is 48.5 Å². The summed E-state index contributed by atoms with van der Waals surface area (Å²) in [6.45, 7) is 2.58. The van der Waals surface area contributed by atoms with E-state index in [4.69, 9.17) is 0 Å². The number of carboxylic acids is 1. The molecule has 122 valence electrons. The Morgan fingerprint density at radius 2 is 2.00 bits per heavy atom. The van der Waals surface area contributed by atoms with Gasteiger partial charge in [-0.3, -0.25) is 4.90 Å². The number of hydrogen-bond donors (Lipinski definition) is 2. The molecule has 0 aliphatic carbocycles. The Balaban J connectivity index is 1.49. The van der Waals surface area contributed by atoms with Crippen LogP contribution in [0, 0.1) is 0 Å². The maximum absolute atomic E-state index is 11.4. The van der Waals surface area contributed by atoms with Crippen molar-refractivity contribution in [2.75, 3.05) is 13.1 Å². The lowest BCUT2D eigenvalue weighted by Gasteiger charge is -2.16. The van der Waals surface area contributed by atoms with Gasteiger partial charge >= 0.3 is 5.97 Å². The Morgan fingerprint density at radius 1 is 1.21 bits per heavy atom. The second-order valence-corrected chi connectivity index (χ2v) is 6.31. The third-order valence-corrected chi connectivity index (χ3v) is 4.72. The first-order valence-corrected chi connectivity index (χ1v) is 8.19. The SMILES string of the molecule is O=C(O)c1ccccc1[C@@H]1CCN(Cc2nc3ccccc3[nH]2)C1. The Bertz CT molecular complexity index is 854. The van der Waals surface area contributed by atoms with Crippen LogP contribution in [0.4, 0.5) is 0 Å². The van der Waals surface area contributed by atoms with Crippen molar-refractivity contribution in [3.05, 3.63) is 65.5 Å². The second-order valence-electron chi connectivity index (χ2n) is 6.31. The van der Waals surface area contributed by atoms with Gasteiger partial charge in [-0.25, -0.2) is 9.78 Å². The van der Waals surface area contributed by atoms with E-state index in [-0.39, 0.29) is 5.92 Å². The van der Waals surface area contributed by atoms with E-state index < -0.39 is 5.97 Å². The Hall–Kier alpha value is -2.66. The molecule has 1 aliphatic heterocycles. The normalized spacial score (nSPS) is 18.2. The third-order valence-electron chi connectivity index (χ3n) is 4.72. The number of nitrogens with zero attached hydrogens (tertiary/aromatic N) is 2. The summed E-state index contributed by atoms with van der Waals surface area (Å²) in [6.07, 6.45) is 0.977. The minimum atomic E-state index is -0.846. The topological polar surface area (TPSA) is 69.2 Å². The van der Waals surface area contributed by atoms with Crippen molar-refractivity contribution in [1.82, 2.24) is 14.9 Å². The van der Waals surface area contributed by atoms with Crippen LogP contribution in [0.3, 0.4) is 0 Å². The van der Waals surface area contributed by atoms with Crippen LogP contribution in [-0.2, 0) is 6.54 Å². The first-order valence-electron chi connectivity index (χ1n) is 8.19. The molecule has 1 aliphatic rings. The third kappa shape index (κ3) is 2.78. The fraction of sp³-hybridized carbons (Fsp3) is 0.263. The van der Waals surface area contributed by atoms with Crippen LogP contribution in [0.5, 0.6) is 0 Å². The number of aromatic carboxylic acids is 1. The number of hydrogen-bond acceptors (Lipinski definition) is 3. The summed E-state index contributed by atoms with van der Waals surface area (Å²) in [7, 11) is 0. The number of likely N-dealkylation sites (tertiary alicyclic amines) is 1. The molecule has 0 saturated carbocycles. The van der Waals surface area contributed by atoms with E-state index >= 15 is 0 Å². The summed E-state index contributed by atoms with van der Waals surface area (Å²) in [4.78, 5) is 21.7. The fourth-order valence-corrected chi connectivity index (χ4v) is 3.57. The van der Waals surface area contributed by atoms with Gasteiger partial charge in [-0.2, -0.15) is 0 Å². The van der Waals surface area contributed by atoms with Gasteiger partial charge in [-0.05, 0) is 42.6 Å². The molecule has 1 aromatic heterocycles. The second kappa shape index (κ2) is 6.09. The number of rotatable bonds is 4. The number of fused-ring (bicyclic) bond motifs is 1. The average Bonchev–Trinajstić information content (AvgIpc) is 3.21. The molecule has 3 aromatic rings. The van der Waals surface area contributed by atoms with Gasteiger partial charge in [0, 0.05) is 6.54 Å². The van der Waals surface area contributed by atoms with E-state index in [1.165, 1.54) is 0 Å². The molecule has 2 aromatic carbocycles. The van der Waals surface area contributed by atoms with Crippen molar-refractivity contribution in [2.45, 2.75) is 18.9 Å². The number of carbonyl (C=O) groups is 1. The lowest BCUT2D eigenvalue weighted by atomic mass is 9.93. The maximum atomic E-state index is 11.4. The van der Waals surface area contributed by atoms with E-state index in [1.54, 1.807) is 12.1 Å². The first-order chi connectivity index (χ1) is 11.7. The molecule has 2 N–H and O–H groups in total.